The van der Waals surface area contributed by atoms with Gasteiger partial charge in [-0.3, -0.25) is 19.3 Å². The topological polar surface area (TPSA) is 66.5 Å². The molecule has 1 aliphatic heterocycles. The highest BCUT2D eigenvalue weighted by Crippen LogP contribution is 2.12. The van der Waals surface area contributed by atoms with E-state index in [9.17, 15) is 14.4 Å². The lowest BCUT2D eigenvalue weighted by atomic mass is 9.96. The van der Waals surface area contributed by atoms with Gasteiger partial charge in [0, 0.05) is 31.2 Å². The standard InChI is InChI=1S/C17H20N2O3/c1-2-14(12-13-6-4-3-5-7-13)17(22)18-10-11-19-15(20)8-9-16(19)21/h3-9,14H,2,10-12H2,1H3,(H,18,22)/t14-/m0/s1. The SMILES string of the molecule is CC[C@@H](Cc1ccccc1)C(=O)NCCN1C(=O)C=CC1=O. The van der Waals surface area contributed by atoms with Crippen molar-refractivity contribution in [3.05, 3.63) is 48.0 Å². The minimum Gasteiger partial charge on any atom is -0.354 e. The van der Waals surface area contributed by atoms with E-state index in [0.717, 1.165) is 16.9 Å². The van der Waals surface area contributed by atoms with Crippen LogP contribution in [-0.4, -0.2) is 35.7 Å². The summed E-state index contributed by atoms with van der Waals surface area (Å²) in [6.45, 7) is 2.46. The predicted molar refractivity (Wildman–Crippen MR) is 82.8 cm³/mol. The lowest BCUT2D eigenvalue weighted by Gasteiger charge is -2.17. The van der Waals surface area contributed by atoms with Crippen molar-refractivity contribution in [3.8, 4) is 0 Å². The van der Waals surface area contributed by atoms with Gasteiger partial charge < -0.3 is 5.32 Å². The van der Waals surface area contributed by atoms with Crippen molar-refractivity contribution in [2.45, 2.75) is 19.8 Å². The first kappa shape index (κ1) is 15.9. The summed E-state index contributed by atoms with van der Waals surface area (Å²) in [5.41, 5.74) is 1.12. The average Bonchev–Trinajstić information content (AvgIpc) is 2.85. The van der Waals surface area contributed by atoms with Crippen LogP contribution in [0.1, 0.15) is 18.9 Å². The lowest BCUT2D eigenvalue weighted by molar-refractivity contribution is -0.137. The normalized spacial score (nSPS) is 15.2. The van der Waals surface area contributed by atoms with Gasteiger partial charge in [-0.15, -0.1) is 0 Å². The first-order valence-corrected chi connectivity index (χ1v) is 7.47. The smallest absolute Gasteiger partial charge is 0.253 e. The molecule has 1 aromatic carbocycles. The van der Waals surface area contributed by atoms with Crippen LogP contribution in [-0.2, 0) is 20.8 Å². The van der Waals surface area contributed by atoms with Crippen LogP contribution in [0.15, 0.2) is 42.5 Å². The van der Waals surface area contributed by atoms with Crippen molar-refractivity contribution in [1.29, 1.82) is 0 Å². The second-order valence-corrected chi connectivity index (χ2v) is 5.25. The largest absolute Gasteiger partial charge is 0.354 e. The summed E-state index contributed by atoms with van der Waals surface area (Å²) >= 11 is 0. The Morgan fingerprint density at radius 2 is 1.77 bits per heavy atom. The summed E-state index contributed by atoms with van der Waals surface area (Å²) in [4.78, 5) is 36.1. The fourth-order valence-electron chi connectivity index (χ4n) is 2.41. The number of rotatable bonds is 7. The third kappa shape index (κ3) is 4.04. The molecule has 116 valence electrons. The van der Waals surface area contributed by atoms with E-state index in [4.69, 9.17) is 0 Å². The van der Waals surface area contributed by atoms with Gasteiger partial charge in [-0.1, -0.05) is 37.3 Å². The Labute approximate surface area is 130 Å². The fraction of sp³-hybridized carbons (Fsp3) is 0.353. The van der Waals surface area contributed by atoms with Crippen molar-refractivity contribution in [2.24, 2.45) is 5.92 Å². The molecule has 0 aromatic heterocycles. The monoisotopic (exact) mass is 300 g/mol. The molecule has 0 unspecified atom stereocenters. The zero-order valence-corrected chi connectivity index (χ0v) is 12.6. The van der Waals surface area contributed by atoms with Crippen LogP contribution in [0.4, 0.5) is 0 Å². The summed E-state index contributed by atoms with van der Waals surface area (Å²) in [7, 11) is 0. The summed E-state index contributed by atoms with van der Waals surface area (Å²) in [5, 5.41) is 2.81. The number of carbonyl (C=O) groups is 3. The highest BCUT2D eigenvalue weighted by molar-refractivity contribution is 6.12. The molecule has 1 heterocycles. The second kappa shape index (κ2) is 7.54. The van der Waals surface area contributed by atoms with E-state index in [1.54, 1.807) is 0 Å². The van der Waals surface area contributed by atoms with Crippen molar-refractivity contribution in [1.82, 2.24) is 10.2 Å². The number of amides is 3. The second-order valence-electron chi connectivity index (χ2n) is 5.25. The van der Waals surface area contributed by atoms with Gasteiger partial charge in [0.25, 0.3) is 11.8 Å². The van der Waals surface area contributed by atoms with Crippen molar-refractivity contribution in [3.63, 3.8) is 0 Å². The number of hydrogen-bond donors (Lipinski definition) is 1. The van der Waals surface area contributed by atoms with E-state index in [1.807, 2.05) is 37.3 Å². The van der Waals surface area contributed by atoms with E-state index in [1.165, 1.54) is 12.2 Å². The third-order valence-electron chi connectivity index (χ3n) is 3.72. The minimum absolute atomic E-state index is 0.0431. The first-order chi connectivity index (χ1) is 10.6. The van der Waals surface area contributed by atoms with Gasteiger partial charge >= 0.3 is 0 Å². The molecule has 0 radical (unpaired) electrons. The van der Waals surface area contributed by atoms with Crippen LogP contribution in [0.25, 0.3) is 0 Å². The van der Waals surface area contributed by atoms with E-state index in [0.29, 0.717) is 6.42 Å². The van der Waals surface area contributed by atoms with Gasteiger partial charge in [0.05, 0.1) is 0 Å². The number of nitrogens with one attached hydrogen (secondary N) is 1. The molecule has 5 nitrogen and oxygen atoms in total. The molecule has 0 saturated heterocycles. The molecule has 0 bridgehead atoms. The van der Waals surface area contributed by atoms with Crippen molar-refractivity contribution < 1.29 is 14.4 Å². The van der Waals surface area contributed by atoms with Gasteiger partial charge in [0.15, 0.2) is 0 Å². The zero-order valence-electron chi connectivity index (χ0n) is 12.6. The number of imide groups is 1. The molecule has 2 rings (SSSR count). The molecule has 1 aromatic rings. The number of carbonyl (C=O) groups excluding carboxylic acids is 3. The summed E-state index contributed by atoms with van der Waals surface area (Å²) < 4.78 is 0. The molecule has 1 atom stereocenters. The summed E-state index contributed by atoms with van der Waals surface area (Å²) in [5.74, 6) is -0.796. The van der Waals surface area contributed by atoms with Gasteiger partial charge in [-0.25, -0.2) is 0 Å². The van der Waals surface area contributed by atoms with Crippen LogP contribution >= 0.6 is 0 Å². The Hall–Kier alpha value is -2.43. The molecule has 1 N–H and O–H groups in total. The van der Waals surface area contributed by atoms with Crippen LogP contribution in [0.3, 0.4) is 0 Å². The fourth-order valence-corrected chi connectivity index (χ4v) is 2.41. The quantitative estimate of drug-likeness (QED) is 0.772. The zero-order chi connectivity index (χ0) is 15.9. The van der Waals surface area contributed by atoms with Crippen LogP contribution in [0.5, 0.6) is 0 Å². The maximum Gasteiger partial charge on any atom is 0.253 e. The molecular formula is C17H20N2O3. The summed E-state index contributed by atoms with van der Waals surface area (Å²) in [6.07, 6.45) is 3.92. The van der Waals surface area contributed by atoms with E-state index < -0.39 is 0 Å². The molecule has 0 saturated carbocycles. The lowest BCUT2D eigenvalue weighted by Crippen LogP contribution is -2.40. The Balaban J connectivity index is 1.80. The van der Waals surface area contributed by atoms with Crippen LogP contribution in [0, 0.1) is 5.92 Å². The number of benzene rings is 1. The molecule has 1 aliphatic rings. The van der Waals surface area contributed by atoms with Crippen LogP contribution < -0.4 is 5.32 Å². The molecule has 3 amide bonds. The molecule has 5 heteroatoms. The maximum atomic E-state index is 12.2. The minimum atomic E-state index is -0.324. The van der Waals surface area contributed by atoms with E-state index >= 15 is 0 Å². The Morgan fingerprint density at radius 3 is 2.36 bits per heavy atom. The molecule has 0 aliphatic carbocycles. The van der Waals surface area contributed by atoms with Crippen LogP contribution in [0.2, 0.25) is 0 Å². The van der Waals surface area contributed by atoms with Gasteiger partial charge in [-0.2, -0.15) is 0 Å². The average molecular weight is 300 g/mol. The number of nitrogens with zero attached hydrogens (tertiary/aromatic N) is 1. The number of hydrogen-bond acceptors (Lipinski definition) is 3. The maximum absolute atomic E-state index is 12.2. The Kier molecular flexibility index (Phi) is 5.47. The van der Waals surface area contributed by atoms with Crippen molar-refractivity contribution in [2.75, 3.05) is 13.1 Å². The van der Waals surface area contributed by atoms with E-state index in [-0.39, 0.29) is 36.7 Å². The Bertz CT molecular complexity index is 563. The molecule has 0 spiro atoms. The van der Waals surface area contributed by atoms with E-state index in [2.05, 4.69) is 5.32 Å². The molecule has 22 heavy (non-hydrogen) atoms. The predicted octanol–water partition coefficient (Wildman–Crippen LogP) is 1.30. The highest BCUT2D eigenvalue weighted by atomic mass is 16.2. The van der Waals surface area contributed by atoms with Gasteiger partial charge in [0.2, 0.25) is 5.91 Å². The summed E-state index contributed by atoms with van der Waals surface area (Å²) in [6, 6.07) is 9.87. The van der Waals surface area contributed by atoms with Gasteiger partial charge in [0.1, 0.15) is 0 Å². The Morgan fingerprint density at radius 1 is 1.14 bits per heavy atom. The van der Waals surface area contributed by atoms with Gasteiger partial charge in [-0.05, 0) is 18.4 Å². The van der Waals surface area contributed by atoms with Crippen molar-refractivity contribution >= 4 is 17.7 Å². The first-order valence-electron chi connectivity index (χ1n) is 7.47. The third-order valence-corrected chi connectivity index (χ3v) is 3.72. The molecular weight excluding hydrogens is 280 g/mol. The molecule has 0 fully saturated rings. The highest BCUT2D eigenvalue weighted by Gasteiger charge is 2.23.